The van der Waals surface area contributed by atoms with Gasteiger partial charge >= 0.3 is 0 Å². The van der Waals surface area contributed by atoms with Crippen molar-refractivity contribution in [2.75, 3.05) is 0 Å². The van der Waals surface area contributed by atoms with E-state index in [9.17, 15) is 5.11 Å². The zero-order chi connectivity index (χ0) is 37.4. The number of para-hydroxylation sites is 3. The molecule has 9 aromatic rings. The molecule has 55 heavy (non-hydrogen) atoms. The molecule has 6 aromatic carbocycles. The van der Waals surface area contributed by atoms with Crippen LogP contribution in [0.15, 0.2) is 152 Å². The first kappa shape index (κ1) is 32.9. The second-order valence-electron chi connectivity index (χ2n) is 15.1. The average molecular weight is 713 g/mol. The van der Waals surface area contributed by atoms with Crippen LogP contribution in [-0.2, 0) is 0 Å². The van der Waals surface area contributed by atoms with Crippen LogP contribution in [0.4, 0.5) is 0 Å². The summed E-state index contributed by atoms with van der Waals surface area (Å²) in [5.41, 5.74) is 16.9. The number of hydrogen-bond acceptors (Lipinski definition) is 3. The second kappa shape index (κ2) is 12.7. The van der Waals surface area contributed by atoms with Gasteiger partial charge in [-0.1, -0.05) is 131 Å². The standard InChI is InChI=1S/C50H40N4O/c1-30(2)33-20-13-21-34(31(3)4)46(33)49-47-40-19-8-7-17-37(40)35-15-5-6-16-36(35)38-27-26-32(29-42(38)48(47)52-54(49)44-24-11-12-25-45(44)55)53-43-23-10-9-18-39(43)41-22-14-28-51-50(41)53/h5-31,55H,1-4H3. The van der Waals surface area contributed by atoms with Crippen LogP contribution < -0.4 is 0 Å². The Morgan fingerprint density at radius 1 is 0.527 bits per heavy atom. The summed E-state index contributed by atoms with van der Waals surface area (Å²) in [6.07, 6.45) is 1.87. The fourth-order valence-electron chi connectivity index (χ4n) is 8.78. The molecule has 3 aromatic heterocycles. The summed E-state index contributed by atoms with van der Waals surface area (Å²) in [7, 11) is 0. The largest absolute Gasteiger partial charge is 0.506 e. The van der Waals surface area contributed by atoms with Crippen molar-refractivity contribution < 1.29 is 5.11 Å². The summed E-state index contributed by atoms with van der Waals surface area (Å²) in [6.45, 7) is 9.05. The van der Waals surface area contributed by atoms with Crippen molar-refractivity contribution in [2.45, 2.75) is 39.5 Å². The molecule has 0 spiro atoms. The van der Waals surface area contributed by atoms with Gasteiger partial charge in [-0.3, -0.25) is 4.57 Å². The molecule has 0 saturated heterocycles. The van der Waals surface area contributed by atoms with Gasteiger partial charge < -0.3 is 5.11 Å². The van der Waals surface area contributed by atoms with Crippen LogP contribution in [-0.4, -0.2) is 24.4 Å². The monoisotopic (exact) mass is 712 g/mol. The number of pyridine rings is 1. The van der Waals surface area contributed by atoms with E-state index in [4.69, 9.17) is 10.1 Å². The van der Waals surface area contributed by atoms with E-state index in [0.29, 0.717) is 5.69 Å². The molecule has 0 fully saturated rings. The zero-order valence-corrected chi connectivity index (χ0v) is 31.3. The molecular formula is C50H40N4O. The molecule has 0 aliphatic heterocycles. The first-order valence-electron chi connectivity index (χ1n) is 19.1. The number of hydrogen-bond donors (Lipinski definition) is 1. The van der Waals surface area contributed by atoms with Crippen molar-refractivity contribution in [3.05, 3.63) is 163 Å². The van der Waals surface area contributed by atoms with E-state index in [1.54, 1.807) is 6.07 Å². The van der Waals surface area contributed by atoms with Gasteiger partial charge in [0.2, 0.25) is 0 Å². The average Bonchev–Trinajstić information content (AvgIpc) is 3.76. The van der Waals surface area contributed by atoms with E-state index in [-0.39, 0.29) is 17.6 Å². The topological polar surface area (TPSA) is 55.9 Å². The van der Waals surface area contributed by atoms with Gasteiger partial charge in [0.05, 0.1) is 11.2 Å². The molecule has 5 heteroatoms. The number of phenols is 1. The molecule has 0 saturated carbocycles. The van der Waals surface area contributed by atoms with Crippen LogP contribution >= 0.6 is 0 Å². The van der Waals surface area contributed by atoms with Crippen molar-refractivity contribution in [3.63, 3.8) is 0 Å². The van der Waals surface area contributed by atoms with Gasteiger partial charge in [0.25, 0.3) is 0 Å². The molecule has 0 atom stereocenters. The Kier molecular flexibility index (Phi) is 7.60. The highest BCUT2D eigenvalue weighted by molar-refractivity contribution is 6.09. The molecule has 3 heterocycles. The summed E-state index contributed by atoms with van der Waals surface area (Å²) in [4.78, 5) is 4.93. The third kappa shape index (κ3) is 5.00. The SMILES string of the molecule is CC(C)c1cccc(C(C)C)c1-c1c2c(nn1-c1ccccc1O)-c1cc(-n3c4ccccc4c4cccnc43)ccc1-c1ccccc1-c1ccccc1-2. The zero-order valence-electron chi connectivity index (χ0n) is 31.3. The third-order valence-corrected chi connectivity index (χ3v) is 11.3. The van der Waals surface area contributed by atoms with Crippen molar-refractivity contribution in [2.24, 2.45) is 0 Å². The second-order valence-corrected chi connectivity index (χ2v) is 15.1. The lowest BCUT2D eigenvalue weighted by Crippen LogP contribution is -2.06. The minimum atomic E-state index is 0.175. The van der Waals surface area contributed by atoms with Crippen LogP contribution in [0.25, 0.3) is 89.2 Å². The van der Waals surface area contributed by atoms with E-state index in [1.807, 2.05) is 35.1 Å². The molecule has 1 N–H and O–H groups in total. The summed E-state index contributed by atoms with van der Waals surface area (Å²) < 4.78 is 4.29. The van der Waals surface area contributed by atoms with Gasteiger partial charge in [-0.15, -0.1) is 0 Å². The summed E-state index contributed by atoms with van der Waals surface area (Å²) in [5, 5.41) is 19.5. The minimum absolute atomic E-state index is 0.175. The number of aromatic hydroxyl groups is 1. The maximum absolute atomic E-state index is 11.6. The highest BCUT2D eigenvalue weighted by Gasteiger charge is 2.33. The molecule has 10 rings (SSSR count). The van der Waals surface area contributed by atoms with E-state index < -0.39 is 0 Å². The number of aromatic nitrogens is 4. The van der Waals surface area contributed by atoms with Gasteiger partial charge in [0.1, 0.15) is 22.8 Å². The van der Waals surface area contributed by atoms with Crippen LogP contribution in [0.3, 0.4) is 0 Å². The Balaban J connectivity index is 1.41. The van der Waals surface area contributed by atoms with Gasteiger partial charge in [-0.05, 0) is 93.2 Å². The Hall–Kier alpha value is -6.72. The van der Waals surface area contributed by atoms with Gasteiger partial charge in [-0.2, -0.15) is 5.10 Å². The van der Waals surface area contributed by atoms with Crippen molar-refractivity contribution in [3.8, 4) is 73.0 Å². The summed E-state index contributed by atoms with van der Waals surface area (Å²) in [5.74, 6) is 0.654. The number of rotatable bonds is 5. The van der Waals surface area contributed by atoms with E-state index in [2.05, 4.69) is 148 Å². The Morgan fingerprint density at radius 2 is 1.13 bits per heavy atom. The molecule has 0 unspecified atom stereocenters. The number of nitrogens with zero attached hydrogens (tertiary/aromatic N) is 4. The first-order chi connectivity index (χ1) is 26.9. The Bertz CT molecular complexity index is 2880. The van der Waals surface area contributed by atoms with Gasteiger partial charge in [0.15, 0.2) is 0 Å². The van der Waals surface area contributed by atoms with E-state index in [1.165, 1.54) is 16.7 Å². The normalized spacial score (nSPS) is 12.0. The molecule has 0 amide bonds. The van der Waals surface area contributed by atoms with Gasteiger partial charge in [0, 0.05) is 39.3 Å². The maximum atomic E-state index is 11.6. The van der Waals surface area contributed by atoms with Crippen molar-refractivity contribution >= 4 is 21.9 Å². The fourth-order valence-corrected chi connectivity index (χ4v) is 8.78. The Morgan fingerprint density at radius 3 is 1.84 bits per heavy atom. The third-order valence-electron chi connectivity index (χ3n) is 11.3. The molecule has 1 aliphatic carbocycles. The maximum Gasteiger partial charge on any atom is 0.145 e. The van der Waals surface area contributed by atoms with Crippen LogP contribution in [0.2, 0.25) is 0 Å². The predicted molar refractivity (Wildman–Crippen MR) is 226 cm³/mol. The summed E-state index contributed by atoms with van der Waals surface area (Å²) >= 11 is 0. The lowest BCUT2D eigenvalue weighted by Gasteiger charge is -2.24. The number of benzene rings is 6. The molecule has 0 bridgehead atoms. The first-order valence-corrected chi connectivity index (χ1v) is 19.1. The quantitative estimate of drug-likeness (QED) is 0.193. The summed E-state index contributed by atoms with van der Waals surface area (Å²) in [6, 6.07) is 51.2. The fraction of sp³-hybridized carbons (Fsp3) is 0.120. The number of phenolic OH excluding ortho intramolecular Hbond substituents is 1. The highest BCUT2D eigenvalue weighted by Crippen LogP contribution is 2.53. The molecule has 1 aliphatic rings. The van der Waals surface area contributed by atoms with Crippen molar-refractivity contribution in [1.82, 2.24) is 19.3 Å². The van der Waals surface area contributed by atoms with E-state index in [0.717, 1.165) is 78.0 Å². The molecule has 5 nitrogen and oxygen atoms in total. The molecular weight excluding hydrogens is 673 g/mol. The highest BCUT2D eigenvalue weighted by atomic mass is 16.3. The smallest absolute Gasteiger partial charge is 0.145 e. The Labute approximate surface area is 320 Å². The molecule has 266 valence electrons. The van der Waals surface area contributed by atoms with E-state index >= 15 is 0 Å². The van der Waals surface area contributed by atoms with Crippen molar-refractivity contribution in [1.29, 1.82) is 0 Å². The molecule has 0 radical (unpaired) electrons. The predicted octanol–water partition coefficient (Wildman–Crippen LogP) is 13.0. The minimum Gasteiger partial charge on any atom is -0.506 e. The van der Waals surface area contributed by atoms with Gasteiger partial charge in [-0.25, -0.2) is 9.67 Å². The van der Waals surface area contributed by atoms with Crippen LogP contribution in [0.1, 0.15) is 50.7 Å². The lowest BCUT2D eigenvalue weighted by molar-refractivity contribution is 0.470. The number of fused-ring (bicyclic) bond motifs is 11. The lowest BCUT2D eigenvalue weighted by atomic mass is 9.80. The van der Waals surface area contributed by atoms with Crippen LogP contribution in [0.5, 0.6) is 5.75 Å². The van der Waals surface area contributed by atoms with Crippen LogP contribution in [0, 0.1) is 0 Å².